The third kappa shape index (κ3) is 45.8. The molecule has 4 aromatic rings. The summed E-state index contributed by atoms with van der Waals surface area (Å²) in [5.41, 5.74) is 8.13. The molecule has 4 aliphatic carbocycles. The van der Waals surface area contributed by atoms with Crippen LogP contribution in [0.2, 0.25) is 0 Å². The number of carbonyl (C=O) groups excluding carboxylic acids is 8. The van der Waals surface area contributed by atoms with Crippen LogP contribution in [-0.4, -0.2) is 130 Å². The van der Waals surface area contributed by atoms with Gasteiger partial charge in [0, 0.05) is 68.9 Å². The Hall–Kier alpha value is -2.25. The van der Waals surface area contributed by atoms with E-state index in [-0.39, 0.29) is 107 Å². The summed E-state index contributed by atoms with van der Waals surface area (Å²) in [6, 6.07) is 29.9. The maximum atomic E-state index is 11.6. The second-order valence-electron chi connectivity index (χ2n) is 23.2. The van der Waals surface area contributed by atoms with Crippen LogP contribution in [0.15, 0.2) is 109 Å². The van der Waals surface area contributed by atoms with Crippen LogP contribution in [0.5, 0.6) is 0 Å². The molecule has 0 bridgehead atoms. The standard InChI is InChI=1S/C17H22O4.C17H20O4.C16H20O4.C14H16O3.C7H15O5P.CHI3.CH2I2.CH2I.CH4.CH3.2V/c2*1-20-16(18)11-12-3-5-13(6-4-12)14-7-9-15(10-8-14)17(19)21-2;1-20-15(17)10-11-2-4-12(5-3-11)13-6-8-14(9-7-13)16(18)19;1-17-14(16)12-4-2-10(3-5-12)11-6-8-13(15)9-7-11;1-4-11-13(9,12-5-2)6-7(8)10-3;2-1(3)4;2-1-3;1-2;;;;/h7-10,12-13H,3-6,11H2,1-2H3;7-11,13H,3-6H2,1-2H3;6-9,11-12H,2-5,10H2,1H3,(H,18,19);2-5,11H,6-9H2,1H3;4-6H2,1-3H3;1H;1H2;1H2;1H4;1H3;;/q;;;;;;;-1;;-1;;. The molecule has 0 saturated heterocycles. The minimum Gasteiger partial charge on any atom is -0.478 e. The molecule has 4 fully saturated rings. The fraction of sp³-hybridized carbons (Fsp3) is 0.513. The maximum absolute atomic E-state index is 11.6. The molecule has 4 saturated carbocycles. The van der Waals surface area contributed by atoms with Crippen LogP contribution in [0, 0.1) is 24.2 Å². The zero-order chi connectivity index (χ0) is 75.9. The van der Waals surface area contributed by atoms with Crippen molar-refractivity contribution in [3.63, 3.8) is 0 Å². The van der Waals surface area contributed by atoms with Gasteiger partial charge in [-0.25, -0.2) is 24.0 Å². The van der Waals surface area contributed by atoms with Gasteiger partial charge in [0.2, 0.25) is 0 Å². The fourth-order valence-electron chi connectivity index (χ4n) is 11.7. The average molecular weight is 2230 g/mol. The number of carbonyl (C=O) groups is 9. The monoisotopic (exact) mass is 2230 g/mol. The van der Waals surface area contributed by atoms with Crippen molar-refractivity contribution in [1.29, 1.82) is 0 Å². The molecule has 8 rings (SSSR count). The predicted octanol–water partition coefficient (Wildman–Crippen LogP) is 20.6. The summed E-state index contributed by atoms with van der Waals surface area (Å²) in [6.07, 6.45) is 17.8. The van der Waals surface area contributed by atoms with Gasteiger partial charge in [-0.2, -0.15) is 0 Å². The van der Waals surface area contributed by atoms with Crippen molar-refractivity contribution in [3.05, 3.63) is 166 Å². The van der Waals surface area contributed by atoms with Crippen LogP contribution in [-0.2, 0) is 108 Å². The van der Waals surface area contributed by atoms with E-state index in [1.165, 1.54) is 74.5 Å². The SMILES string of the molecule is C.CCOP(=O)(CC(=O)OC)OCC.COC(=O)C=C1CCC(c2ccc(C(=O)OC)cc2)CC1.COC(=O)CC1CCC(c2ccc(C(=O)O)cc2)CC1.COC(=O)CC1CCC(c2ccc(C(=O)OC)cc2)CC1.COC(=O)c1ccc(C2CCC(=O)CC2)cc1.IC(I)I.ICI.[CH2-]I.[CH3-].[V].[V]. The van der Waals surface area contributed by atoms with E-state index in [2.05, 4.69) is 132 Å². The molecule has 0 unspecified atom stereocenters. The van der Waals surface area contributed by atoms with E-state index >= 15 is 0 Å². The molecule has 0 atom stereocenters. The van der Waals surface area contributed by atoms with E-state index < -0.39 is 19.5 Å². The number of halogens is 6. The van der Waals surface area contributed by atoms with Gasteiger partial charge in [0.05, 0.1) is 87.7 Å². The number of carboxylic acid groups (broad SMARTS) is 1. The molecule has 2 radical (unpaired) electrons. The van der Waals surface area contributed by atoms with E-state index in [1.807, 2.05) is 83.3 Å². The zero-order valence-corrected chi connectivity index (χ0v) is 77.6. The van der Waals surface area contributed by atoms with Crippen LogP contribution in [0.1, 0.15) is 224 Å². The minimum absolute atomic E-state index is 0. The largest absolute Gasteiger partial charge is 0.478 e. The average Bonchev–Trinajstić information content (AvgIpc) is 0.865. The van der Waals surface area contributed by atoms with E-state index in [1.54, 1.807) is 56.3 Å². The third-order valence-electron chi connectivity index (χ3n) is 17.0. The summed E-state index contributed by atoms with van der Waals surface area (Å²) in [6.45, 7) is 3.86. The molecule has 20 nitrogen and oxygen atoms in total. The van der Waals surface area contributed by atoms with E-state index in [0.717, 1.165) is 95.4 Å². The number of methoxy groups -OCH3 is 7. The van der Waals surface area contributed by atoms with Crippen molar-refractivity contribution in [3.8, 4) is 0 Å². The van der Waals surface area contributed by atoms with Crippen LogP contribution in [0.3, 0.4) is 0 Å². The first-order valence-electron chi connectivity index (χ1n) is 32.9. The molecular formula is C76H105I6O20PV2-2. The summed E-state index contributed by atoms with van der Waals surface area (Å²) in [7, 11) is 6.37. The Morgan fingerprint density at radius 1 is 0.467 bits per heavy atom. The number of alkyl halides is 5. The van der Waals surface area contributed by atoms with Crippen LogP contribution in [0.25, 0.3) is 0 Å². The third-order valence-corrected chi connectivity index (χ3v) is 18.9. The number of esters is 7. The van der Waals surface area contributed by atoms with Gasteiger partial charge in [0.15, 0.2) is 0 Å². The first kappa shape index (κ1) is 109. The van der Waals surface area contributed by atoms with Crippen molar-refractivity contribution >= 4 is 197 Å². The molecule has 588 valence electrons. The smallest absolute Gasteiger partial charge is 0.341 e. The van der Waals surface area contributed by atoms with E-state index in [0.29, 0.717) is 89.2 Å². The Morgan fingerprint density at radius 3 is 0.981 bits per heavy atom. The molecule has 0 heterocycles. The van der Waals surface area contributed by atoms with Gasteiger partial charge in [-0.3, -0.25) is 28.7 Å². The van der Waals surface area contributed by atoms with Gasteiger partial charge in [-0.05, 0) is 210 Å². The van der Waals surface area contributed by atoms with Gasteiger partial charge in [0.25, 0.3) is 0 Å². The molecule has 1 N–H and O–H groups in total. The molecule has 4 aliphatic rings. The van der Waals surface area contributed by atoms with Gasteiger partial charge in [0.1, 0.15) is 11.9 Å². The van der Waals surface area contributed by atoms with Crippen LogP contribution < -0.4 is 0 Å². The number of carboxylic acids is 1. The Morgan fingerprint density at radius 2 is 0.733 bits per heavy atom. The molecule has 4 aromatic carbocycles. The van der Waals surface area contributed by atoms with Crippen molar-refractivity contribution in [2.75, 3.05) is 71.6 Å². The number of aromatic carboxylic acids is 1. The van der Waals surface area contributed by atoms with Gasteiger partial charge in [-0.15, -0.1) is 0 Å². The molecule has 0 aromatic heterocycles. The Kier molecular flexibility index (Phi) is 66.8. The number of hydrogen-bond donors (Lipinski definition) is 1. The summed E-state index contributed by atoms with van der Waals surface area (Å²) in [4.78, 5) is 104. The zero-order valence-electron chi connectivity index (χ0n) is 60.9. The van der Waals surface area contributed by atoms with Gasteiger partial charge >= 0.3 is 55.4 Å². The number of hydrogen-bond acceptors (Lipinski definition) is 19. The Bertz CT molecular complexity index is 3150. The summed E-state index contributed by atoms with van der Waals surface area (Å²) in [5.74, 6) is 0.262. The first-order valence-corrected chi connectivity index (χ1v) is 42.9. The molecular weight excluding hydrogens is 2130 g/mol. The predicted molar refractivity (Wildman–Crippen MR) is 456 cm³/mol. The fourth-order valence-corrected chi connectivity index (χ4v) is 13.2. The van der Waals surface area contributed by atoms with Crippen molar-refractivity contribution in [2.45, 2.75) is 160 Å². The van der Waals surface area contributed by atoms with Gasteiger partial charge < -0.3 is 77.3 Å². The molecule has 0 aliphatic heterocycles. The summed E-state index contributed by atoms with van der Waals surface area (Å²) in [5, 5.41) is 8.88. The van der Waals surface area contributed by atoms with Crippen molar-refractivity contribution < 1.29 is 132 Å². The topological polar surface area (TPSA) is 274 Å². The Balaban J connectivity index is -0.000000588. The first-order chi connectivity index (χ1) is 48.3. The quantitative estimate of drug-likeness (QED) is 0.0174. The molecule has 105 heavy (non-hydrogen) atoms. The number of rotatable bonds is 19. The van der Waals surface area contributed by atoms with Crippen molar-refractivity contribution in [2.24, 2.45) is 11.8 Å². The number of ether oxygens (including phenoxy) is 7. The van der Waals surface area contributed by atoms with Crippen LogP contribution >= 0.6 is 143 Å². The molecule has 0 amide bonds. The second kappa shape index (κ2) is 64.3. The van der Waals surface area contributed by atoms with E-state index in [4.69, 9.17) is 33.1 Å². The number of allylic oxidation sites excluding steroid dienone is 1. The number of benzene rings is 4. The normalized spacial score (nSPS) is 16.9. The van der Waals surface area contributed by atoms with Crippen molar-refractivity contribution in [1.82, 2.24) is 0 Å². The minimum atomic E-state index is -3.27. The number of ketones is 1. The number of Topliss-reactive ketones (excluding diaryl/α,β-unsaturated/α-hetero) is 1. The van der Waals surface area contributed by atoms with Crippen LogP contribution in [0.4, 0.5) is 0 Å². The summed E-state index contributed by atoms with van der Waals surface area (Å²) < 4.78 is 55.8. The molecule has 0 spiro atoms. The Labute approximate surface area is 729 Å². The summed E-state index contributed by atoms with van der Waals surface area (Å²) >= 11 is 13.4. The second-order valence-corrected chi connectivity index (χ2v) is 40.6. The van der Waals surface area contributed by atoms with Gasteiger partial charge in [-0.1, -0.05) is 174 Å². The maximum Gasteiger partial charge on any atom is 0.341 e. The molecule has 29 heteroatoms. The van der Waals surface area contributed by atoms with E-state index in [9.17, 15) is 47.7 Å².